The molecule has 3 heteroatoms. The molecule has 0 aliphatic carbocycles. The van der Waals surface area contributed by atoms with Crippen molar-refractivity contribution in [2.45, 2.75) is 40.7 Å². The summed E-state index contributed by atoms with van der Waals surface area (Å²) in [4.78, 5) is 2.34. The minimum absolute atomic E-state index is 0.301. The van der Waals surface area contributed by atoms with Crippen molar-refractivity contribution in [3.63, 3.8) is 0 Å². The van der Waals surface area contributed by atoms with E-state index >= 15 is 0 Å². The maximum absolute atomic E-state index is 5.37. The number of hydrogen-bond acceptors (Lipinski definition) is 3. The fraction of sp³-hybridized carbons (Fsp3) is 1.00. The lowest BCUT2D eigenvalue weighted by molar-refractivity contribution is 0.110. The van der Waals surface area contributed by atoms with Gasteiger partial charge in [0.15, 0.2) is 0 Å². The van der Waals surface area contributed by atoms with Gasteiger partial charge >= 0.3 is 0 Å². The molecule has 0 heterocycles. The molecular weight excluding hydrogens is 200 g/mol. The first-order chi connectivity index (χ1) is 7.41. The summed E-state index contributed by atoms with van der Waals surface area (Å²) >= 11 is 0. The van der Waals surface area contributed by atoms with E-state index in [2.05, 4.69) is 45.0 Å². The zero-order valence-electron chi connectivity index (χ0n) is 12.0. The SMILES string of the molecule is CCNC(CN(C)CCOCC)C(C)(C)C. The van der Waals surface area contributed by atoms with Crippen LogP contribution in [0.15, 0.2) is 0 Å². The molecule has 0 aliphatic rings. The molecule has 0 fully saturated rings. The molecule has 0 aliphatic heterocycles. The van der Waals surface area contributed by atoms with Crippen molar-refractivity contribution in [1.29, 1.82) is 0 Å². The van der Waals surface area contributed by atoms with Gasteiger partial charge in [-0.15, -0.1) is 0 Å². The molecule has 0 saturated carbocycles. The Kier molecular flexibility index (Phi) is 7.98. The molecule has 1 N–H and O–H groups in total. The number of nitrogens with one attached hydrogen (secondary N) is 1. The van der Waals surface area contributed by atoms with Crippen molar-refractivity contribution in [2.75, 3.05) is 39.9 Å². The van der Waals surface area contributed by atoms with Gasteiger partial charge in [-0.05, 0) is 25.9 Å². The lowest BCUT2D eigenvalue weighted by atomic mass is 9.86. The summed E-state index contributed by atoms with van der Waals surface area (Å²) in [5.74, 6) is 0. The summed E-state index contributed by atoms with van der Waals surface area (Å²) in [5, 5.41) is 3.56. The Hall–Kier alpha value is -0.120. The molecule has 0 rings (SSSR count). The van der Waals surface area contributed by atoms with Crippen LogP contribution in [0.2, 0.25) is 0 Å². The monoisotopic (exact) mass is 230 g/mol. The number of likely N-dealkylation sites (N-methyl/N-ethyl adjacent to an activating group) is 2. The van der Waals surface area contributed by atoms with E-state index in [-0.39, 0.29) is 0 Å². The molecule has 0 bridgehead atoms. The van der Waals surface area contributed by atoms with E-state index in [1.807, 2.05) is 6.92 Å². The van der Waals surface area contributed by atoms with Crippen LogP contribution < -0.4 is 5.32 Å². The molecule has 16 heavy (non-hydrogen) atoms. The highest BCUT2D eigenvalue weighted by molar-refractivity contribution is 4.82. The van der Waals surface area contributed by atoms with E-state index in [0.717, 1.165) is 32.8 Å². The number of nitrogens with zero attached hydrogens (tertiary/aromatic N) is 1. The van der Waals surface area contributed by atoms with E-state index in [1.54, 1.807) is 0 Å². The lowest BCUT2D eigenvalue weighted by Crippen LogP contribution is -2.48. The molecule has 1 unspecified atom stereocenters. The quantitative estimate of drug-likeness (QED) is 0.645. The van der Waals surface area contributed by atoms with Crippen molar-refractivity contribution in [1.82, 2.24) is 10.2 Å². The van der Waals surface area contributed by atoms with Crippen LogP contribution in [0.1, 0.15) is 34.6 Å². The van der Waals surface area contributed by atoms with Crippen LogP contribution >= 0.6 is 0 Å². The van der Waals surface area contributed by atoms with E-state index in [4.69, 9.17) is 4.74 Å². The number of ether oxygens (including phenoxy) is 1. The molecule has 0 radical (unpaired) electrons. The van der Waals surface area contributed by atoms with Crippen LogP contribution in [0, 0.1) is 5.41 Å². The van der Waals surface area contributed by atoms with Crippen molar-refractivity contribution in [3.8, 4) is 0 Å². The summed E-state index contributed by atoms with van der Waals surface area (Å²) in [7, 11) is 2.16. The average molecular weight is 230 g/mol. The third kappa shape index (κ3) is 7.20. The second-order valence-electron chi connectivity index (χ2n) is 5.44. The molecule has 0 aromatic rings. The van der Waals surface area contributed by atoms with Gasteiger partial charge in [0.1, 0.15) is 0 Å². The fourth-order valence-corrected chi connectivity index (χ4v) is 1.66. The molecule has 1 atom stereocenters. The minimum Gasteiger partial charge on any atom is -0.380 e. The van der Waals surface area contributed by atoms with Crippen LogP contribution in [0.4, 0.5) is 0 Å². The average Bonchev–Trinajstić information content (AvgIpc) is 2.16. The first-order valence-electron chi connectivity index (χ1n) is 6.41. The first kappa shape index (κ1) is 15.9. The van der Waals surface area contributed by atoms with Gasteiger partial charge in [-0.2, -0.15) is 0 Å². The van der Waals surface area contributed by atoms with Gasteiger partial charge in [-0.1, -0.05) is 27.7 Å². The van der Waals surface area contributed by atoms with Crippen molar-refractivity contribution >= 4 is 0 Å². The minimum atomic E-state index is 0.301. The molecule has 0 spiro atoms. The molecule has 0 aromatic heterocycles. The van der Waals surface area contributed by atoms with E-state index < -0.39 is 0 Å². The second kappa shape index (κ2) is 8.04. The summed E-state index contributed by atoms with van der Waals surface area (Å²) < 4.78 is 5.37. The van der Waals surface area contributed by atoms with Gasteiger partial charge in [0, 0.05) is 25.7 Å². The van der Waals surface area contributed by atoms with Gasteiger partial charge in [-0.3, -0.25) is 0 Å². The highest BCUT2D eigenvalue weighted by Gasteiger charge is 2.24. The van der Waals surface area contributed by atoms with Crippen LogP contribution in [0.5, 0.6) is 0 Å². The van der Waals surface area contributed by atoms with Crippen LogP contribution in [0.25, 0.3) is 0 Å². The molecule has 0 amide bonds. The van der Waals surface area contributed by atoms with Crippen LogP contribution in [0.3, 0.4) is 0 Å². The third-order valence-electron chi connectivity index (χ3n) is 2.81. The fourth-order valence-electron chi connectivity index (χ4n) is 1.66. The first-order valence-corrected chi connectivity index (χ1v) is 6.41. The zero-order chi connectivity index (χ0) is 12.6. The van der Waals surface area contributed by atoms with Crippen LogP contribution in [-0.4, -0.2) is 50.8 Å². The Morgan fingerprint density at radius 3 is 2.31 bits per heavy atom. The summed E-state index contributed by atoms with van der Waals surface area (Å²) in [6.07, 6.45) is 0. The van der Waals surface area contributed by atoms with Crippen molar-refractivity contribution in [3.05, 3.63) is 0 Å². The Morgan fingerprint density at radius 2 is 1.88 bits per heavy atom. The van der Waals surface area contributed by atoms with E-state index in [9.17, 15) is 0 Å². The summed E-state index contributed by atoms with van der Waals surface area (Å²) in [6, 6.07) is 0.532. The van der Waals surface area contributed by atoms with Gasteiger partial charge < -0.3 is 15.0 Å². The Bertz CT molecular complexity index is 166. The van der Waals surface area contributed by atoms with Gasteiger partial charge in [0.25, 0.3) is 0 Å². The molecule has 0 saturated heterocycles. The maximum atomic E-state index is 5.37. The largest absolute Gasteiger partial charge is 0.380 e. The Morgan fingerprint density at radius 1 is 1.25 bits per heavy atom. The molecule has 3 nitrogen and oxygen atoms in total. The predicted octanol–water partition coefficient (Wildman–Crippen LogP) is 1.98. The summed E-state index contributed by atoms with van der Waals surface area (Å²) in [6.45, 7) is 15.8. The molecular formula is C13H30N2O. The Balaban J connectivity index is 3.98. The molecule has 0 aromatic carbocycles. The smallest absolute Gasteiger partial charge is 0.0593 e. The second-order valence-corrected chi connectivity index (χ2v) is 5.44. The van der Waals surface area contributed by atoms with Crippen molar-refractivity contribution in [2.24, 2.45) is 5.41 Å². The van der Waals surface area contributed by atoms with Gasteiger partial charge in [0.2, 0.25) is 0 Å². The Labute approximate surface area is 102 Å². The zero-order valence-corrected chi connectivity index (χ0v) is 12.0. The topological polar surface area (TPSA) is 24.5 Å². The van der Waals surface area contributed by atoms with E-state index in [1.165, 1.54) is 0 Å². The van der Waals surface area contributed by atoms with Crippen LogP contribution in [-0.2, 0) is 4.74 Å². The normalized spacial score (nSPS) is 14.4. The van der Waals surface area contributed by atoms with Gasteiger partial charge in [-0.25, -0.2) is 0 Å². The standard InChI is InChI=1S/C13H30N2O/c1-7-14-12(13(3,4)5)11-15(6)9-10-16-8-2/h12,14H,7-11H2,1-6H3. The third-order valence-corrected chi connectivity index (χ3v) is 2.81. The van der Waals surface area contributed by atoms with Crippen molar-refractivity contribution < 1.29 is 4.74 Å². The number of hydrogen-bond donors (Lipinski definition) is 1. The highest BCUT2D eigenvalue weighted by Crippen LogP contribution is 2.19. The maximum Gasteiger partial charge on any atom is 0.0593 e. The number of rotatable bonds is 8. The molecule has 98 valence electrons. The predicted molar refractivity (Wildman–Crippen MR) is 70.9 cm³/mol. The van der Waals surface area contributed by atoms with E-state index in [0.29, 0.717) is 11.5 Å². The summed E-state index contributed by atoms with van der Waals surface area (Å²) in [5.41, 5.74) is 0.301. The highest BCUT2D eigenvalue weighted by atomic mass is 16.5. The van der Waals surface area contributed by atoms with Gasteiger partial charge in [0.05, 0.1) is 6.61 Å². The lowest BCUT2D eigenvalue weighted by Gasteiger charge is -2.34.